The number of carbonyl (C=O) groups is 2. The van der Waals surface area contributed by atoms with Crippen LogP contribution in [0.2, 0.25) is 5.02 Å². The van der Waals surface area contributed by atoms with E-state index in [-0.39, 0.29) is 17.3 Å². The van der Waals surface area contributed by atoms with Gasteiger partial charge in [-0.3, -0.25) is 14.5 Å². The molecule has 0 spiro atoms. The minimum Gasteiger partial charge on any atom is -0.507 e. The van der Waals surface area contributed by atoms with Crippen LogP contribution in [-0.4, -0.2) is 26.8 Å². The van der Waals surface area contributed by atoms with Crippen molar-refractivity contribution in [2.24, 2.45) is 0 Å². The second kappa shape index (κ2) is 7.25. The third kappa shape index (κ3) is 3.04. The molecule has 4 rings (SSSR count). The van der Waals surface area contributed by atoms with Gasteiger partial charge in [-0.05, 0) is 35.9 Å². The quantitative estimate of drug-likeness (QED) is 0.417. The van der Waals surface area contributed by atoms with Crippen molar-refractivity contribution in [2.75, 3.05) is 4.90 Å². The lowest BCUT2D eigenvalue weighted by Crippen LogP contribution is -2.31. The molecule has 1 unspecified atom stereocenters. The zero-order valence-electron chi connectivity index (χ0n) is 14.5. The molecule has 7 heteroatoms. The molecule has 28 heavy (non-hydrogen) atoms. The molecule has 2 aromatic carbocycles. The molecule has 2 heterocycles. The van der Waals surface area contributed by atoms with Gasteiger partial charge >= 0.3 is 5.91 Å². The Balaban J connectivity index is 1.94. The van der Waals surface area contributed by atoms with Crippen molar-refractivity contribution in [3.8, 4) is 0 Å². The van der Waals surface area contributed by atoms with Gasteiger partial charge in [0.1, 0.15) is 5.76 Å². The fraction of sp³-hybridized carbons (Fsp3) is 0.0476. The minimum absolute atomic E-state index is 0.0222. The Labute approximate surface area is 165 Å². The van der Waals surface area contributed by atoms with Gasteiger partial charge in [-0.1, -0.05) is 41.9 Å². The third-order valence-electron chi connectivity index (χ3n) is 4.45. The molecule has 1 aromatic heterocycles. The molecule has 1 fully saturated rings. The van der Waals surface area contributed by atoms with Gasteiger partial charge in [0.15, 0.2) is 0 Å². The standard InChI is InChI=1S/C21H14ClN3O3/c22-15-9-7-14(8-10-15)18(26)16-17(13-5-2-1-3-6-13)25(20(28)19(16)27)21-23-11-4-12-24-21/h1-12,17,26H/b18-16-. The minimum atomic E-state index is -0.848. The van der Waals surface area contributed by atoms with E-state index in [1.165, 1.54) is 17.3 Å². The number of halogens is 1. The topological polar surface area (TPSA) is 83.4 Å². The molecule has 3 aromatic rings. The molecule has 0 radical (unpaired) electrons. The summed E-state index contributed by atoms with van der Waals surface area (Å²) in [6.45, 7) is 0. The summed E-state index contributed by atoms with van der Waals surface area (Å²) in [5, 5.41) is 11.4. The molecule has 0 bridgehead atoms. The van der Waals surface area contributed by atoms with Gasteiger partial charge in [0.25, 0.3) is 5.78 Å². The second-order valence-corrected chi connectivity index (χ2v) is 6.57. The maximum absolute atomic E-state index is 12.9. The van der Waals surface area contributed by atoms with E-state index in [2.05, 4.69) is 9.97 Å². The van der Waals surface area contributed by atoms with Crippen molar-refractivity contribution < 1.29 is 14.7 Å². The van der Waals surface area contributed by atoms with Crippen LogP contribution >= 0.6 is 11.6 Å². The highest BCUT2D eigenvalue weighted by atomic mass is 35.5. The van der Waals surface area contributed by atoms with Crippen molar-refractivity contribution in [3.63, 3.8) is 0 Å². The lowest BCUT2D eigenvalue weighted by Gasteiger charge is -2.23. The number of Topliss-reactive ketones (excluding diaryl/α,β-unsaturated/α-hetero) is 1. The summed E-state index contributed by atoms with van der Waals surface area (Å²) in [5.41, 5.74) is 1.02. The van der Waals surface area contributed by atoms with Gasteiger partial charge in [0.2, 0.25) is 5.95 Å². The van der Waals surface area contributed by atoms with E-state index >= 15 is 0 Å². The van der Waals surface area contributed by atoms with Crippen LogP contribution in [0.4, 0.5) is 5.95 Å². The Bertz CT molecular complexity index is 1070. The molecule has 1 N–H and O–H groups in total. The van der Waals surface area contributed by atoms with E-state index in [4.69, 9.17) is 11.6 Å². The van der Waals surface area contributed by atoms with Gasteiger partial charge in [0, 0.05) is 23.0 Å². The summed E-state index contributed by atoms with van der Waals surface area (Å²) in [5.74, 6) is -1.78. The fourth-order valence-electron chi connectivity index (χ4n) is 3.17. The van der Waals surface area contributed by atoms with Gasteiger partial charge < -0.3 is 5.11 Å². The molecule has 1 amide bonds. The SMILES string of the molecule is O=C1C(=O)N(c2ncccn2)C(c2ccccc2)/C1=C(/O)c1ccc(Cl)cc1. The molecule has 6 nitrogen and oxygen atoms in total. The van der Waals surface area contributed by atoms with E-state index in [0.29, 0.717) is 16.1 Å². The first kappa shape index (κ1) is 17.9. The zero-order chi connectivity index (χ0) is 19.7. The van der Waals surface area contributed by atoms with E-state index < -0.39 is 17.7 Å². The molecule has 1 saturated heterocycles. The molecule has 0 saturated carbocycles. The zero-order valence-corrected chi connectivity index (χ0v) is 15.2. The highest BCUT2D eigenvalue weighted by Gasteiger charge is 2.48. The number of hydrogen-bond donors (Lipinski definition) is 1. The first-order valence-corrected chi connectivity index (χ1v) is 8.84. The van der Waals surface area contributed by atoms with Crippen LogP contribution in [0.3, 0.4) is 0 Å². The number of anilines is 1. The predicted molar refractivity (Wildman–Crippen MR) is 105 cm³/mol. The van der Waals surface area contributed by atoms with Crippen LogP contribution in [0.5, 0.6) is 0 Å². The smallest absolute Gasteiger partial charge is 0.302 e. The second-order valence-electron chi connectivity index (χ2n) is 6.14. The van der Waals surface area contributed by atoms with Crippen LogP contribution in [0, 0.1) is 0 Å². The number of carbonyl (C=O) groups excluding carboxylic acids is 2. The van der Waals surface area contributed by atoms with Crippen molar-refractivity contribution in [2.45, 2.75) is 6.04 Å². The van der Waals surface area contributed by atoms with Gasteiger partial charge in [-0.2, -0.15) is 0 Å². The summed E-state index contributed by atoms with van der Waals surface area (Å²) in [4.78, 5) is 35.1. The van der Waals surface area contributed by atoms with E-state index in [1.807, 2.05) is 6.07 Å². The summed E-state index contributed by atoms with van der Waals surface area (Å²) >= 11 is 5.91. The molecule has 1 aliphatic heterocycles. The Morgan fingerprint density at radius 3 is 2.21 bits per heavy atom. The first-order chi connectivity index (χ1) is 13.6. The third-order valence-corrected chi connectivity index (χ3v) is 4.70. The number of nitrogens with zero attached hydrogens (tertiary/aromatic N) is 3. The largest absolute Gasteiger partial charge is 0.507 e. The fourth-order valence-corrected chi connectivity index (χ4v) is 3.29. The lowest BCUT2D eigenvalue weighted by molar-refractivity contribution is -0.132. The van der Waals surface area contributed by atoms with Crippen molar-refractivity contribution in [1.82, 2.24) is 9.97 Å². The molecular weight excluding hydrogens is 378 g/mol. The van der Waals surface area contributed by atoms with Crippen LogP contribution in [0.15, 0.2) is 78.6 Å². The van der Waals surface area contributed by atoms with Gasteiger partial charge in [-0.25, -0.2) is 9.97 Å². The van der Waals surface area contributed by atoms with E-state index in [1.54, 1.807) is 54.6 Å². The average molecular weight is 392 g/mol. The number of benzene rings is 2. The summed E-state index contributed by atoms with van der Waals surface area (Å²) in [6, 6.07) is 16.1. The van der Waals surface area contributed by atoms with Crippen LogP contribution in [0.25, 0.3) is 5.76 Å². The highest BCUT2D eigenvalue weighted by molar-refractivity contribution is 6.51. The predicted octanol–water partition coefficient (Wildman–Crippen LogP) is 3.76. The van der Waals surface area contributed by atoms with E-state index in [9.17, 15) is 14.7 Å². The summed E-state index contributed by atoms with van der Waals surface area (Å²) < 4.78 is 0. The highest BCUT2D eigenvalue weighted by Crippen LogP contribution is 2.40. The first-order valence-electron chi connectivity index (χ1n) is 8.47. The van der Waals surface area contributed by atoms with Crippen LogP contribution in [-0.2, 0) is 9.59 Å². The number of aliphatic hydroxyl groups is 1. The van der Waals surface area contributed by atoms with Crippen molar-refractivity contribution in [3.05, 3.63) is 94.8 Å². The number of aromatic nitrogens is 2. The van der Waals surface area contributed by atoms with Gasteiger partial charge in [-0.15, -0.1) is 0 Å². The maximum Gasteiger partial charge on any atom is 0.302 e. The Kier molecular flexibility index (Phi) is 4.63. The molecule has 0 aliphatic carbocycles. The van der Waals surface area contributed by atoms with Gasteiger partial charge in [0.05, 0.1) is 11.6 Å². The van der Waals surface area contributed by atoms with Crippen molar-refractivity contribution >= 4 is 35.0 Å². The summed E-state index contributed by atoms with van der Waals surface area (Å²) in [6.07, 6.45) is 2.98. The Morgan fingerprint density at radius 1 is 0.929 bits per heavy atom. The summed E-state index contributed by atoms with van der Waals surface area (Å²) in [7, 11) is 0. The normalized spacial score (nSPS) is 18.5. The van der Waals surface area contributed by atoms with Crippen LogP contribution in [0.1, 0.15) is 17.2 Å². The number of aliphatic hydroxyl groups excluding tert-OH is 1. The maximum atomic E-state index is 12.9. The molecule has 1 aliphatic rings. The molecule has 138 valence electrons. The Hall–Kier alpha value is -3.51. The number of rotatable bonds is 3. The van der Waals surface area contributed by atoms with Crippen molar-refractivity contribution in [1.29, 1.82) is 0 Å². The number of hydrogen-bond acceptors (Lipinski definition) is 5. The lowest BCUT2D eigenvalue weighted by atomic mass is 9.95. The number of amides is 1. The monoisotopic (exact) mass is 391 g/mol. The van der Waals surface area contributed by atoms with Crippen LogP contribution < -0.4 is 4.90 Å². The Morgan fingerprint density at radius 2 is 1.57 bits per heavy atom. The molecule has 1 atom stereocenters. The van der Waals surface area contributed by atoms with E-state index in [0.717, 1.165) is 0 Å². The average Bonchev–Trinajstić information content (AvgIpc) is 3.00. The molecular formula is C21H14ClN3O3. The number of ketones is 1.